The van der Waals surface area contributed by atoms with Crippen LogP contribution in [0.5, 0.6) is 57.5 Å². The van der Waals surface area contributed by atoms with Crippen LogP contribution >= 0.6 is 34.8 Å². The predicted molar refractivity (Wildman–Crippen MR) is 576 cm³/mol. The molecule has 0 heterocycles. The average molecular weight is 2140 g/mol. The Bertz CT molecular complexity index is 4730. The highest BCUT2D eigenvalue weighted by Crippen LogP contribution is 2.40. The second kappa shape index (κ2) is 64.7. The van der Waals surface area contributed by atoms with Crippen molar-refractivity contribution < 1.29 is 146 Å². The maximum absolute atomic E-state index is 11.0. The molecule has 10 atom stereocenters. The highest BCUT2D eigenvalue weighted by molar-refractivity contribution is 6.18. The maximum atomic E-state index is 11.0. The Kier molecular flexibility index (Phi) is 54.6. The smallest absolute Gasteiger partial charge is 0.303 e. The summed E-state index contributed by atoms with van der Waals surface area (Å²) in [7, 11) is 0. The number of benzene rings is 10. The lowest BCUT2D eigenvalue weighted by molar-refractivity contribution is -0.150. The minimum absolute atomic E-state index is 0.0444. The fourth-order valence-electron chi connectivity index (χ4n) is 14.6. The molecule has 0 bridgehead atoms. The van der Waals surface area contributed by atoms with Crippen molar-refractivity contribution >= 4 is 64.6 Å². The summed E-state index contributed by atoms with van der Waals surface area (Å²) in [5, 5.41) is 92.4. The van der Waals surface area contributed by atoms with Crippen molar-refractivity contribution in [2.45, 2.75) is 219 Å². The number of hydrogen-bond donors (Lipinski definition) is 10. The second-order valence-corrected chi connectivity index (χ2v) is 39.0. The molecule has 0 spiro atoms. The van der Waals surface area contributed by atoms with Gasteiger partial charge in [0.05, 0.1) is 62.9 Å². The third kappa shape index (κ3) is 43.8. The fourth-order valence-corrected chi connectivity index (χ4v) is 15.0. The first kappa shape index (κ1) is 127. The molecule has 0 aliphatic carbocycles. The van der Waals surface area contributed by atoms with E-state index in [1.807, 2.05) is 257 Å². The number of esters is 5. The zero-order valence-corrected chi connectivity index (χ0v) is 91.0. The van der Waals surface area contributed by atoms with Gasteiger partial charge in [-0.25, -0.2) is 0 Å². The number of carbonyl (C=O) groups excluding carboxylic acids is 5. The Morgan fingerprint density at radius 2 is 0.327 bits per heavy atom. The normalized spacial score (nSPS) is 13.4. The highest BCUT2D eigenvalue weighted by Gasteiger charge is 2.31. The molecule has 0 amide bonds. The fraction of sp³-hybridized carbons (Fsp3) is 0.444. The van der Waals surface area contributed by atoms with E-state index in [1.54, 1.807) is 0 Å². The summed E-state index contributed by atoms with van der Waals surface area (Å²) >= 11 is 17.4. The summed E-state index contributed by atoms with van der Waals surface area (Å²) in [5.41, 5.74) is 9.89. The molecular weight excluding hydrogens is 1990 g/mol. The molecule has 2 unspecified atom stereocenters. The van der Waals surface area contributed by atoms with Gasteiger partial charge in [0.1, 0.15) is 160 Å². The number of halogens is 3. The molecule has 33 heteroatoms. The molecule has 0 saturated heterocycles. The van der Waals surface area contributed by atoms with E-state index in [4.69, 9.17) is 121 Å². The van der Waals surface area contributed by atoms with E-state index in [2.05, 4.69) is 69.2 Å². The van der Waals surface area contributed by atoms with Gasteiger partial charge in [0.2, 0.25) is 0 Å². The molecule has 820 valence electrons. The molecule has 30 nitrogen and oxygen atoms in total. The standard InChI is InChI=1S/2C24H32O6.3C23H29ClO6/c2*1-5-20(27)15-28-21-10-6-18(7-11-21)24(3,4)19-8-12-22(13-9-19)29-16-23(14-25)30-17(2)26;3*1-16(26)30-22(12-24)15-29-21-10-6-18(7-11-21)23(2,3)17-4-8-20(9-5-17)28-14-19(27)13-25/h2*6-13,20,23,25,27H,5,14-16H2,1-4H3;3*4-11,19,22,25,27H,12-15H2,1-3H3/t2*20-,23-;2*19-,22+;/m1010./s1. The summed E-state index contributed by atoms with van der Waals surface area (Å²) in [6, 6.07) is 77.5. The summed E-state index contributed by atoms with van der Waals surface area (Å²) in [6.45, 7) is 31.6. The Morgan fingerprint density at radius 1 is 0.207 bits per heavy atom. The van der Waals surface area contributed by atoms with E-state index in [-0.39, 0.29) is 162 Å². The average Bonchev–Trinajstić information content (AvgIpc) is 0.818. The Hall–Kier alpha value is -12.0. The van der Waals surface area contributed by atoms with E-state index >= 15 is 0 Å². The number of alkyl halides is 3. The molecule has 10 rings (SSSR count). The SMILES string of the molecule is CC(=O)OC(CCl)COc1ccc(C(C)(C)c2ccc(OCC(O)CO)cc2)cc1.CC(=O)O[C@@H](CCl)COc1ccc(C(C)(C)c2ccc(OC[C@H](O)CO)cc2)cc1.CC(=O)O[C@H](CCl)COc1ccc(C(C)(C)c2ccc(OC[C@@H](O)CO)cc2)cc1.CC[C@@H](O)COc1ccc(C(C)(C)c2ccc(OC[C@@H](CO)OC(C)=O)cc2)cc1.CC[C@H](O)COc1ccc(C(C)(C)c2ccc(OC[C@H](CO)OC(C)=O)cc2)cc1. The van der Waals surface area contributed by atoms with Crippen LogP contribution in [0.4, 0.5) is 0 Å². The largest absolute Gasteiger partial charge is 0.491 e. The van der Waals surface area contributed by atoms with Crippen molar-refractivity contribution in [3.63, 3.8) is 0 Å². The van der Waals surface area contributed by atoms with Gasteiger partial charge in [0.25, 0.3) is 0 Å². The molecule has 10 aromatic carbocycles. The van der Waals surface area contributed by atoms with E-state index in [9.17, 15) is 59.7 Å². The first-order valence-corrected chi connectivity index (χ1v) is 51.2. The summed E-state index contributed by atoms with van der Waals surface area (Å²) in [4.78, 5) is 55.2. The number of hydrogen-bond acceptors (Lipinski definition) is 30. The van der Waals surface area contributed by atoms with Crippen LogP contribution in [0.1, 0.15) is 186 Å². The van der Waals surface area contributed by atoms with Gasteiger partial charge in [0, 0.05) is 61.7 Å². The lowest BCUT2D eigenvalue weighted by atomic mass is 9.78. The lowest BCUT2D eigenvalue weighted by Crippen LogP contribution is -2.27. The van der Waals surface area contributed by atoms with Gasteiger partial charge in [-0.2, -0.15) is 0 Å². The monoisotopic (exact) mass is 2140 g/mol. The first-order valence-electron chi connectivity index (χ1n) is 49.6. The number of aliphatic hydroxyl groups excluding tert-OH is 10. The zero-order valence-electron chi connectivity index (χ0n) is 88.8. The van der Waals surface area contributed by atoms with Gasteiger partial charge >= 0.3 is 29.8 Å². The second-order valence-electron chi connectivity index (χ2n) is 38.1. The van der Waals surface area contributed by atoms with Crippen LogP contribution in [0.25, 0.3) is 0 Å². The van der Waals surface area contributed by atoms with Crippen molar-refractivity contribution in [2.24, 2.45) is 0 Å². The van der Waals surface area contributed by atoms with E-state index < -0.39 is 73.0 Å². The number of carbonyl (C=O) groups is 5. The number of ether oxygens (including phenoxy) is 15. The van der Waals surface area contributed by atoms with Gasteiger partial charge in [-0.3, -0.25) is 24.0 Å². The van der Waals surface area contributed by atoms with Crippen LogP contribution in [0.3, 0.4) is 0 Å². The molecule has 0 fully saturated rings. The first-order chi connectivity index (χ1) is 71.3. The third-order valence-corrected chi connectivity index (χ3v) is 25.3. The molecule has 10 N–H and O–H groups in total. The van der Waals surface area contributed by atoms with Crippen LogP contribution in [0, 0.1) is 0 Å². The van der Waals surface area contributed by atoms with Crippen molar-refractivity contribution in [1.82, 2.24) is 0 Å². The van der Waals surface area contributed by atoms with Gasteiger partial charge in [-0.05, 0) is 190 Å². The van der Waals surface area contributed by atoms with Crippen LogP contribution in [0.15, 0.2) is 243 Å². The van der Waals surface area contributed by atoms with Crippen LogP contribution in [0.2, 0.25) is 0 Å². The molecule has 0 aliphatic heterocycles. The summed E-state index contributed by atoms with van der Waals surface area (Å²) in [5.74, 6) is 5.09. The predicted octanol–water partition coefficient (Wildman–Crippen LogP) is 16.8. The van der Waals surface area contributed by atoms with Crippen LogP contribution < -0.4 is 47.4 Å². The van der Waals surface area contributed by atoms with E-state index in [0.29, 0.717) is 58.8 Å². The van der Waals surface area contributed by atoms with Crippen LogP contribution in [-0.2, 0) is 74.7 Å². The molecule has 0 radical (unpaired) electrons. The van der Waals surface area contributed by atoms with Crippen LogP contribution in [-0.4, -0.2) is 259 Å². The van der Waals surface area contributed by atoms with Gasteiger partial charge in [-0.15, -0.1) is 34.8 Å². The quantitative estimate of drug-likeness (QED) is 0.00961. The Morgan fingerprint density at radius 3 is 0.440 bits per heavy atom. The minimum atomic E-state index is -0.893. The molecular formula is C117H151Cl3O30. The summed E-state index contributed by atoms with van der Waals surface area (Å²) in [6.07, 6.45) is -5.09. The minimum Gasteiger partial charge on any atom is -0.491 e. The zero-order chi connectivity index (χ0) is 111. The Balaban J connectivity index is 0.000000286. The van der Waals surface area contributed by atoms with Crippen molar-refractivity contribution in [3.8, 4) is 57.5 Å². The van der Waals surface area contributed by atoms with Crippen molar-refractivity contribution in [1.29, 1.82) is 0 Å². The van der Waals surface area contributed by atoms with E-state index in [0.717, 1.165) is 67.1 Å². The Labute approximate surface area is 896 Å². The van der Waals surface area contributed by atoms with Crippen molar-refractivity contribution in [2.75, 3.05) is 117 Å². The highest BCUT2D eigenvalue weighted by atomic mass is 35.5. The molecule has 10 aromatic rings. The molecule has 0 aromatic heterocycles. The number of rotatable bonds is 55. The number of aliphatic hydroxyl groups is 10. The van der Waals surface area contributed by atoms with Gasteiger partial charge in [0.15, 0.2) is 12.2 Å². The maximum Gasteiger partial charge on any atom is 0.303 e. The summed E-state index contributed by atoms with van der Waals surface area (Å²) < 4.78 is 81.1. The topological polar surface area (TPSA) is 426 Å². The lowest BCUT2D eigenvalue weighted by Gasteiger charge is -2.26. The van der Waals surface area contributed by atoms with Gasteiger partial charge in [-0.1, -0.05) is 204 Å². The third-order valence-electron chi connectivity index (χ3n) is 24.3. The molecule has 0 aliphatic rings. The molecule has 150 heavy (non-hydrogen) atoms. The van der Waals surface area contributed by atoms with Crippen molar-refractivity contribution in [3.05, 3.63) is 298 Å². The van der Waals surface area contributed by atoms with Gasteiger partial charge < -0.3 is 122 Å². The van der Waals surface area contributed by atoms with E-state index in [1.165, 1.54) is 34.6 Å². The molecule has 0 saturated carbocycles.